The van der Waals surface area contributed by atoms with Gasteiger partial charge in [0.15, 0.2) is 0 Å². The van der Waals surface area contributed by atoms with E-state index in [-0.39, 0.29) is 32.1 Å². The fourth-order valence-corrected chi connectivity index (χ4v) is 4.05. The Kier molecular flexibility index (Phi) is 8.32. The first-order valence-electron chi connectivity index (χ1n) is 11.0. The van der Waals surface area contributed by atoms with Gasteiger partial charge in [-0.2, -0.15) is 0 Å². The number of amides is 3. The van der Waals surface area contributed by atoms with E-state index in [1.807, 2.05) is 0 Å². The van der Waals surface area contributed by atoms with Crippen LogP contribution in [0, 0.1) is 5.92 Å². The summed E-state index contributed by atoms with van der Waals surface area (Å²) in [6.45, 7) is 1.77. The highest BCUT2D eigenvalue weighted by atomic mass is 19.3. The molecule has 1 aromatic heterocycles. The highest BCUT2D eigenvalue weighted by Crippen LogP contribution is 2.32. The van der Waals surface area contributed by atoms with Crippen molar-refractivity contribution in [2.24, 2.45) is 11.7 Å². The lowest BCUT2D eigenvalue weighted by Crippen LogP contribution is -2.58. The molecule has 34 heavy (non-hydrogen) atoms. The molecule has 1 aliphatic rings. The van der Waals surface area contributed by atoms with E-state index in [2.05, 4.69) is 10.3 Å². The molecule has 2 heterocycles. The Bertz CT molecular complexity index is 971. The maximum Gasteiger partial charge on any atom is 0.315 e. The van der Waals surface area contributed by atoms with E-state index in [1.54, 1.807) is 37.3 Å². The third-order valence-corrected chi connectivity index (χ3v) is 5.76. The van der Waals surface area contributed by atoms with Crippen molar-refractivity contribution in [3.8, 4) is 0 Å². The average Bonchev–Trinajstić information content (AvgIpc) is 3.36. The van der Waals surface area contributed by atoms with Gasteiger partial charge in [-0.05, 0) is 12.0 Å². The van der Waals surface area contributed by atoms with Crippen LogP contribution in [0.25, 0.3) is 0 Å². The molecule has 0 spiro atoms. The van der Waals surface area contributed by atoms with E-state index < -0.39 is 54.5 Å². The van der Waals surface area contributed by atoms with E-state index in [4.69, 9.17) is 14.9 Å². The molecule has 1 saturated heterocycles. The summed E-state index contributed by atoms with van der Waals surface area (Å²) in [5.41, 5.74) is 5.87. The second-order valence-corrected chi connectivity index (χ2v) is 8.17. The van der Waals surface area contributed by atoms with Crippen molar-refractivity contribution in [3.63, 3.8) is 0 Å². The van der Waals surface area contributed by atoms with Gasteiger partial charge in [0.05, 0.1) is 37.4 Å². The van der Waals surface area contributed by atoms with Gasteiger partial charge in [0, 0.05) is 19.4 Å². The number of ketones is 1. The van der Waals surface area contributed by atoms with Gasteiger partial charge in [-0.25, -0.2) is 18.6 Å². The number of ether oxygens (including phenoxy) is 1. The molecule has 1 aromatic carbocycles. The Morgan fingerprint density at radius 2 is 2.03 bits per heavy atom. The van der Waals surface area contributed by atoms with E-state index in [9.17, 15) is 14.4 Å². The van der Waals surface area contributed by atoms with Crippen LogP contribution in [-0.4, -0.2) is 65.4 Å². The quantitative estimate of drug-likeness (QED) is 0.505. The van der Waals surface area contributed by atoms with Crippen molar-refractivity contribution in [1.29, 1.82) is 0 Å². The zero-order chi connectivity index (χ0) is 24.7. The standard InChI is InChI=1S/C23H28F2N4O5/c1-2-17(19(30)21-27-8-10-34-21)28-20(31)16(18-14-33-11-9-29(18)22(26)32)13-23(24,25)12-15-6-4-3-5-7-15/h3-8,10,16-18H,2,9,11-14H2,1H3,(H2,26,32)(H,28,31)/t16-,17-,18?/m0/s1. The van der Waals surface area contributed by atoms with Crippen molar-refractivity contribution in [3.05, 3.63) is 54.2 Å². The minimum atomic E-state index is -3.28. The number of morpholine rings is 1. The molecule has 1 unspecified atom stereocenters. The maximum atomic E-state index is 15.2. The average molecular weight is 478 g/mol. The molecule has 184 valence electrons. The lowest BCUT2D eigenvalue weighted by molar-refractivity contribution is -0.135. The Labute approximate surface area is 195 Å². The first-order chi connectivity index (χ1) is 16.2. The summed E-state index contributed by atoms with van der Waals surface area (Å²) in [5.74, 6) is -6.24. The number of primary amides is 1. The molecule has 0 bridgehead atoms. The van der Waals surface area contributed by atoms with Gasteiger partial charge in [0.25, 0.3) is 11.8 Å². The first-order valence-corrected chi connectivity index (χ1v) is 11.0. The summed E-state index contributed by atoms with van der Waals surface area (Å²) in [6.07, 6.45) is 1.24. The molecule has 3 atom stereocenters. The van der Waals surface area contributed by atoms with E-state index in [0.717, 1.165) is 0 Å². The van der Waals surface area contributed by atoms with Crippen molar-refractivity contribution in [2.75, 3.05) is 19.8 Å². The highest BCUT2D eigenvalue weighted by Gasteiger charge is 2.44. The predicted octanol–water partition coefficient (Wildman–Crippen LogP) is 2.42. The number of nitrogens with one attached hydrogen (secondary N) is 1. The van der Waals surface area contributed by atoms with Crippen LogP contribution in [0.3, 0.4) is 0 Å². The molecule has 3 N–H and O–H groups in total. The van der Waals surface area contributed by atoms with Gasteiger partial charge in [-0.15, -0.1) is 0 Å². The van der Waals surface area contributed by atoms with Crippen molar-refractivity contribution in [1.82, 2.24) is 15.2 Å². The first kappa shape index (κ1) is 25.3. The number of hydrogen-bond acceptors (Lipinski definition) is 6. The second kappa shape index (κ2) is 11.2. The Balaban J connectivity index is 1.84. The van der Waals surface area contributed by atoms with Crippen molar-refractivity contribution in [2.45, 2.75) is 44.2 Å². The summed E-state index contributed by atoms with van der Waals surface area (Å²) in [4.78, 5) is 42.9. The Morgan fingerprint density at radius 3 is 2.65 bits per heavy atom. The summed E-state index contributed by atoms with van der Waals surface area (Å²) < 4.78 is 40.7. The number of hydrogen-bond donors (Lipinski definition) is 2. The zero-order valence-electron chi connectivity index (χ0n) is 18.8. The lowest BCUT2D eigenvalue weighted by atomic mass is 9.88. The fourth-order valence-electron chi connectivity index (χ4n) is 4.05. The van der Waals surface area contributed by atoms with Crippen LogP contribution < -0.4 is 11.1 Å². The molecule has 1 fully saturated rings. The van der Waals surface area contributed by atoms with Crippen LogP contribution in [0.4, 0.5) is 13.6 Å². The van der Waals surface area contributed by atoms with Crippen LogP contribution in [0.2, 0.25) is 0 Å². The second-order valence-electron chi connectivity index (χ2n) is 8.17. The largest absolute Gasteiger partial charge is 0.442 e. The van der Waals surface area contributed by atoms with Gasteiger partial charge in [0.1, 0.15) is 6.26 Å². The number of Topliss-reactive ketones (excluding diaryl/α,β-unsaturated/α-hetero) is 1. The number of nitrogens with two attached hydrogens (primary N) is 1. The minimum absolute atomic E-state index is 0.0699. The molecular formula is C23H28F2N4O5. The molecule has 0 aliphatic carbocycles. The van der Waals surface area contributed by atoms with Crippen molar-refractivity contribution >= 4 is 17.7 Å². The van der Waals surface area contributed by atoms with Crippen LogP contribution >= 0.6 is 0 Å². The zero-order valence-corrected chi connectivity index (χ0v) is 18.8. The molecule has 0 radical (unpaired) electrons. The van der Waals surface area contributed by atoms with Crippen molar-refractivity contribution < 1.29 is 32.3 Å². The summed E-state index contributed by atoms with van der Waals surface area (Å²) in [5, 5.41) is 2.54. The molecule has 3 rings (SSSR count). The predicted molar refractivity (Wildman–Crippen MR) is 117 cm³/mol. The number of carbonyl (C=O) groups is 3. The monoisotopic (exact) mass is 478 g/mol. The summed E-state index contributed by atoms with van der Waals surface area (Å²) in [7, 11) is 0. The normalized spacial score (nSPS) is 18.2. The number of rotatable bonds is 10. The van der Waals surface area contributed by atoms with Gasteiger partial charge < -0.3 is 25.1 Å². The van der Waals surface area contributed by atoms with Crippen LogP contribution in [0.15, 0.2) is 47.2 Å². The molecule has 2 aromatic rings. The molecule has 11 heteroatoms. The van der Waals surface area contributed by atoms with Gasteiger partial charge >= 0.3 is 6.03 Å². The topological polar surface area (TPSA) is 128 Å². The molecule has 9 nitrogen and oxygen atoms in total. The summed E-state index contributed by atoms with van der Waals surface area (Å²) in [6, 6.07) is 5.29. The number of carbonyl (C=O) groups excluding carboxylic acids is 3. The number of oxazole rings is 1. The van der Waals surface area contributed by atoms with Crippen LogP contribution in [-0.2, 0) is 16.0 Å². The van der Waals surface area contributed by atoms with Crippen LogP contribution in [0.1, 0.15) is 36.0 Å². The van der Waals surface area contributed by atoms with E-state index in [1.165, 1.54) is 17.4 Å². The summed E-state index contributed by atoms with van der Waals surface area (Å²) >= 11 is 0. The van der Waals surface area contributed by atoms with Crippen LogP contribution in [0.5, 0.6) is 0 Å². The number of benzene rings is 1. The Morgan fingerprint density at radius 1 is 1.29 bits per heavy atom. The maximum absolute atomic E-state index is 15.2. The smallest absolute Gasteiger partial charge is 0.315 e. The number of nitrogens with zero attached hydrogens (tertiary/aromatic N) is 2. The minimum Gasteiger partial charge on any atom is -0.442 e. The van der Waals surface area contributed by atoms with Gasteiger partial charge in [-0.1, -0.05) is 37.3 Å². The third kappa shape index (κ3) is 6.37. The lowest BCUT2D eigenvalue weighted by Gasteiger charge is -2.39. The molecule has 3 amide bonds. The third-order valence-electron chi connectivity index (χ3n) is 5.76. The Hall–Kier alpha value is -3.34. The molecular weight excluding hydrogens is 450 g/mol. The number of alkyl halides is 2. The SMILES string of the molecule is CC[C@H](NC(=O)[C@@H](CC(F)(F)Cc1ccccc1)C1COCCN1C(N)=O)C(=O)c1ncco1. The fraction of sp³-hybridized carbons (Fsp3) is 0.478. The van der Waals surface area contributed by atoms with E-state index in [0.29, 0.717) is 5.56 Å². The highest BCUT2D eigenvalue weighted by molar-refractivity contribution is 5.98. The molecule has 1 aliphatic heterocycles. The number of aromatic nitrogens is 1. The molecule has 0 saturated carbocycles. The number of urea groups is 1. The number of halogens is 2. The van der Waals surface area contributed by atoms with E-state index >= 15 is 8.78 Å². The van der Waals surface area contributed by atoms with Gasteiger partial charge in [-0.3, -0.25) is 9.59 Å². The van der Waals surface area contributed by atoms with Gasteiger partial charge in [0.2, 0.25) is 11.7 Å².